The van der Waals surface area contributed by atoms with Gasteiger partial charge in [0, 0.05) is 10.6 Å². The average molecular weight is 484 g/mol. The summed E-state index contributed by atoms with van der Waals surface area (Å²) in [4.78, 5) is 25.6. The van der Waals surface area contributed by atoms with Crippen molar-refractivity contribution in [1.29, 1.82) is 5.26 Å². The molecule has 7 heteroatoms. The predicted molar refractivity (Wildman–Crippen MR) is 117 cm³/mol. The van der Waals surface area contributed by atoms with Crippen LogP contribution in [-0.4, -0.2) is 15.3 Å². The third-order valence-corrected chi connectivity index (χ3v) is 5.35. The summed E-state index contributed by atoms with van der Waals surface area (Å²) in [7, 11) is 1.74. The number of nitriles is 1. The van der Waals surface area contributed by atoms with Crippen molar-refractivity contribution in [3.05, 3.63) is 85.4 Å². The van der Waals surface area contributed by atoms with E-state index in [1.54, 1.807) is 18.7 Å². The van der Waals surface area contributed by atoms with Gasteiger partial charge in [0.15, 0.2) is 0 Å². The summed E-state index contributed by atoms with van der Waals surface area (Å²) in [5.74, 6) is -0.617. The molecule has 0 bridgehead atoms. The number of rotatable bonds is 4. The minimum atomic E-state index is -0.617. The standard InChI is InChI=1S/C21H17IN4O2/c1-14-19(21(28)26(25(14)2)17-9-4-3-5-10-17)24-20(27)16(13-23)12-15-8-6-7-11-18(15)22/h3-12H,1-2H3,(H,24,27)/b16-12-. The smallest absolute Gasteiger partial charge is 0.295 e. The van der Waals surface area contributed by atoms with E-state index >= 15 is 0 Å². The molecule has 140 valence electrons. The Labute approximate surface area is 175 Å². The van der Waals surface area contributed by atoms with Gasteiger partial charge in [0.2, 0.25) is 0 Å². The van der Waals surface area contributed by atoms with Gasteiger partial charge in [-0.25, -0.2) is 4.68 Å². The van der Waals surface area contributed by atoms with Crippen LogP contribution in [0.15, 0.2) is 65.0 Å². The van der Waals surface area contributed by atoms with E-state index in [0.717, 1.165) is 9.13 Å². The predicted octanol–water partition coefficient (Wildman–Crippen LogP) is 3.63. The summed E-state index contributed by atoms with van der Waals surface area (Å²) in [6.45, 7) is 1.74. The first-order valence-electron chi connectivity index (χ1n) is 8.45. The fourth-order valence-corrected chi connectivity index (χ4v) is 3.33. The zero-order valence-corrected chi connectivity index (χ0v) is 17.5. The Bertz CT molecular complexity index is 1170. The van der Waals surface area contributed by atoms with Gasteiger partial charge in [0.25, 0.3) is 11.5 Å². The molecule has 0 fully saturated rings. The van der Waals surface area contributed by atoms with E-state index in [1.165, 1.54) is 10.8 Å². The van der Waals surface area contributed by atoms with E-state index in [9.17, 15) is 14.9 Å². The number of carbonyl (C=O) groups excluding carboxylic acids is 1. The number of hydrogen-bond acceptors (Lipinski definition) is 3. The van der Waals surface area contributed by atoms with Crippen LogP contribution in [0.2, 0.25) is 0 Å². The molecule has 1 aromatic heterocycles. The number of halogens is 1. The molecule has 0 aliphatic rings. The third-order valence-electron chi connectivity index (χ3n) is 4.36. The molecular formula is C21H17IN4O2. The first-order valence-corrected chi connectivity index (χ1v) is 9.53. The highest BCUT2D eigenvalue weighted by molar-refractivity contribution is 14.1. The Morgan fingerprint density at radius 3 is 2.43 bits per heavy atom. The molecule has 0 atom stereocenters. The van der Waals surface area contributed by atoms with Gasteiger partial charge in [-0.15, -0.1) is 0 Å². The van der Waals surface area contributed by atoms with E-state index in [0.29, 0.717) is 11.4 Å². The van der Waals surface area contributed by atoms with Gasteiger partial charge in [-0.05, 0) is 59.4 Å². The second kappa shape index (κ2) is 8.27. The molecule has 1 N–H and O–H groups in total. The Balaban J connectivity index is 1.98. The maximum atomic E-state index is 12.9. The van der Waals surface area contributed by atoms with Gasteiger partial charge in [-0.3, -0.25) is 14.3 Å². The van der Waals surface area contributed by atoms with Gasteiger partial charge < -0.3 is 5.32 Å². The molecule has 1 amide bonds. The van der Waals surface area contributed by atoms with Gasteiger partial charge in [0.1, 0.15) is 17.3 Å². The van der Waals surface area contributed by atoms with Crippen molar-refractivity contribution < 1.29 is 4.79 Å². The van der Waals surface area contributed by atoms with Crippen LogP contribution >= 0.6 is 22.6 Å². The van der Waals surface area contributed by atoms with E-state index in [4.69, 9.17) is 0 Å². The number of amides is 1. The van der Waals surface area contributed by atoms with Crippen LogP contribution in [0.4, 0.5) is 5.69 Å². The number of hydrogen-bond donors (Lipinski definition) is 1. The molecule has 0 aliphatic heterocycles. The highest BCUT2D eigenvalue weighted by Gasteiger charge is 2.20. The molecule has 3 aromatic rings. The van der Waals surface area contributed by atoms with E-state index in [1.807, 2.05) is 60.7 Å². The fourth-order valence-electron chi connectivity index (χ4n) is 2.79. The summed E-state index contributed by atoms with van der Waals surface area (Å²) in [5, 5.41) is 12.0. The van der Waals surface area contributed by atoms with E-state index in [2.05, 4.69) is 27.9 Å². The van der Waals surface area contributed by atoms with Crippen LogP contribution in [-0.2, 0) is 11.8 Å². The SMILES string of the molecule is Cc1c(NC(=O)/C(C#N)=C\c2ccccc2I)c(=O)n(-c2ccccc2)n1C. The summed E-state index contributed by atoms with van der Waals surface area (Å²) >= 11 is 2.14. The van der Waals surface area contributed by atoms with Gasteiger partial charge in [-0.2, -0.15) is 5.26 Å². The summed E-state index contributed by atoms with van der Waals surface area (Å²) in [6.07, 6.45) is 1.52. The van der Waals surface area contributed by atoms with Gasteiger partial charge in [0.05, 0.1) is 11.4 Å². The van der Waals surface area contributed by atoms with Gasteiger partial charge >= 0.3 is 0 Å². The van der Waals surface area contributed by atoms with Crippen molar-refractivity contribution in [3.8, 4) is 11.8 Å². The highest BCUT2D eigenvalue weighted by atomic mass is 127. The van der Waals surface area contributed by atoms with Crippen LogP contribution in [0.25, 0.3) is 11.8 Å². The van der Waals surface area contributed by atoms with Crippen molar-refractivity contribution in [3.63, 3.8) is 0 Å². The number of benzene rings is 2. The average Bonchev–Trinajstić information content (AvgIpc) is 2.91. The normalized spacial score (nSPS) is 11.1. The lowest BCUT2D eigenvalue weighted by molar-refractivity contribution is -0.112. The van der Waals surface area contributed by atoms with Gasteiger partial charge in [-0.1, -0.05) is 36.4 Å². The van der Waals surface area contributed by atoms with Crippen LogP contribution in [0, 0.1) is 21.8 Å². The minimum Gasteiger partial charge on any atom is -0.315 e. The number of para-hydroxylation sites is 1. The lowest BCUT2D eigenvalue weighted by Crippen LogP contribution is -2.23. The zero-order valence-electron chi connectivity index (χ0n) is 15.3. The third kappa shape index (κ3) is 3.77. The number of aromatic nitrogens is 2. The first-order chi connectivity index (χ1) is 13.4. The number of nitrogens with zero attached hydrogens (tertiary/aromatic N) is 3. The molecule has 0 spiro atoms. The van der Waals surface area contributed by atoms with Crippen molar-refractivity contribution in [2.75, 3.05) is 5.32 Å². The molecule has 0 unspecified atom stereocenters. The Kier molecular flexibility index (Phi) is 5.80. The number of anilines is 1. The summed E-state index contributed by atoms with van der Waals surface area (Å²) in [5.41, 5.74) is 1.77. The molecule has 1 heterocycles. The number of carbonyl (C=O) groups is 1. The van der Waals surface area contributed by atoms with Crippen LogP contribution in [0.1, 0.15) is 11.3 Å². The Morgan fingerprint density at radius 2 is 1.79 bits per heavy atom. The summed E-state index contributed by atoms with van der Waals surface area (Å²) < 4.78 is 4.06. The van der Waals surface area contributed by atoms with E-state index in [-0.39, 0.29) is 16.8 Å². The maximum Gasteiger partial charge on any atom is 0.295 e. The van der Waals surface area contributed by atoms with Crippen LogP contribution < -0.4 is 10.9 Å². The zero-order chi connectivity index (χ0) is 20.3. The van der Waals surface area contributed by atoms with E-state index < -0.39 is 5.91 Å². The minimum absolute atomic E-state index is 0.0713. The number of nitrogens with one attached hydrogen (secondary N) is 1. The molecular weight excluding hydrogens is 467 g/mol. The van der Waals surface area contributed by atoms with Crippen LogP contribution in [0.3, 0.4) is 0 Å². The lowest BCUT2D eigenvalue weighted by atomic mass is 10.1. The Hall–Kier alpha value is -3.12. The van der Waals surface area contributed by atoms with Crippen LogP contribution in [0.5, 0.6) is 0 Å². The largest absolute Gasteiger partial charge is 0.315 e. The molecule has 0 aliphatic carbocycles. The summed E-state index contributed by atoms with van der Waals surface area (Å²) in [6, 6.07) is 18.5. The molecule has 0 saturated carbocycles. The topological polar surface area (TPSA) is 79.8 Å². The molecule has 2 aromatic carbocycles. The lowest BCUT2D eigenvalue weighted by Gasteiger charge is -2.07. The first kappa shape index (κ1) is 19.6. The Morgan fingerprint density at radius 1 is 1.14 bits per heavy atom. The van der Waals surface area contributed by atoms with Crippen molar-refractivity contribution in [1.82, 2.24) is 9.36 Å². The maximum absolute atomic E-state index is 12.9. The molecule has 3 rings (SSSR count). The van der Waals surface area contributed by atoms with Crippen molar-refractivity contribution in [2.24, 2.45) is 7.05 Å². The molecule has 0 radical (unpaired) electrons. The monoisotopic (exact) mass is 484 g/mol. The second-order valence-electron chi connectivity index (χ2n) is 6.08. The van der Waals surface area contributed by atoms with Crippen molar-refractivity contribution >= 4 is 40.3 Å². The fraction of sp³-hybridized carbons (Fsp3) is 0.0952. The quantitative estimate of drug-likeness (QED) is 0.349. The highest BCUT2D eigenvalue weighted by Crippen LogP contribution is 2.18. The second-order valence-corrected chi connectivity index (χ2v) is 7.24. The molecule has 28 heavy (non-hydrogen) atoms. The molecule has 0 saturated heterocycles. The molecule has 6 nitrogen and oxygen atoms in total. The van der Waals surface area contributed by atoms with Crippen molar-refractivity contribution in [2.45, 2.75) is 6.92 Å².